The lowest BCUT2D eigenvalue weighted by atomic mass is 10.0. The Hall–Kier alpha value is -2.10. The third-order valence-corrected chi connectivity index (χ3v) is 3.29. The minimum atomic E-state index is 0.204. The molecule has 0 bridgehead atoms. The Bertz CT molecular complexity index is 518. The highest BCUT2D eigenvalue weighted by molar-refractivity contribution is 5.96. The molecule has 106 valence electrons. The van der Waals surface area contributed by atoms with Gasteiger partial charge in [0.05, 0.1) is 13.4 Å². The zero-order valence-corrected chi connectivity index (χ0v) is 11.8. The first-order chi connectivity index (χ1) is 9.79. The fourth-order valence-corrected chi connectivity index (χ4v) is 2.10. The molecule has 0 aliphatic heterocycles. The quantitative estimate of drug-likeness (QED) is 0.547. The number of Topliss-reactive ketones (excluding diaryl/α,β-unsaturated/α-hetero) is 1. The van der Waals surface area contributed by atoms with Gasteiger partial charge in [0.15, 0.2) is 5.78 Å². The Labute approximate surface area is 119 Å². The first-order valence-corrected chi connectivity index (χ1v) is 6.92. The van der Waals surface area contributed by atoms with Crippen molar-refractivity contribution in [2.24, 2.45) is 0 Å². The van der Waals surface area contributed by atoms with Crippen molar-refractivity contribution >= 4 is 5.78 Å². The number of ketones is 1. The number of nitrogens with zero attached hydrogens (tertiary/aromatic N) is 2. The van der Waals surface area contributed by atoms with Crippen molar-refractivity contribution in [3.63, 3.8) is 0 Å². The monoisotopic (exact) mass is 272 g/mol. The maximum absolute atomic E-state index is 12.0. The van der Waals surface area contributed by atoms with Gasteiger partial charge in [-0.2, -0.15) is 0 Å². The molecule has 0 amide bonds. The third-order valence-electron chi connectivity index (χ3n) is 3.29. The fraction of sp³-hybridized carbons (Fsp3) is 0.375. The van der Waals surface area contributed by atoms with Gasteiger partial charge < -0.3 is 9.30 Å². The van der Waals surface area contributed by atoms with Crippen LogP contribution in [0.25, 0.3) is 0 Å². The minimum Gasteiger partial charge on any atom is -0.497 e. The highest BCUT2D eigenvalue weighted by atomic mass is 16.5. The molecule has 0 aliphatic rings. The van der Waals surface area contributed by atoms with Crippen LogP contribution in [0.5, 0.6) is 5.75 Å². The molecule has 20 heavy (non-hydrogen) atoms. The molecule has 0 fully saturated rings. The second-order valence-corrected chi connectivity index (χ2v) is 4.76. The van der Waals surface area contributed by atoms with E-state index in [1.54, 1.807) is 13.3 Å². The second kappa shape index (κ2) is 7.48. The lowest BCUT2D eigenvalue weighted by molar-refractivity contribution is 0.0979. The second-order valence-electron chi connectivity index (χ2n) is 4.76. The van der Waals surface area contributed by atoms with Crippen LogP contribution in [0.15, 0.2) is 43.0 Å². The summed E-state index contributed by atoms with van der Waals surface area (Å²) in [6, 6.07) is 7.30. The summed E-state index contributed by atoms with van der Waals surface area (Å²) < 4.78 is 7.14. The molecular formula is C16H20N2O2. The number of carbonyl (C=O) groups excluding carboxylic acids is 1. The zero-order valence-electron chi connectivity index (χ0n) is 11.8. The van der Waals surface area contributed by atoms with Crippen LogP contribution in [-0.4, -0.2) is 22.4 Å². The van der Waals surface area contributed by atoms with Crippen molar-refractivity contribution in [1.29, 1.82) is 0 Å². The number of hydrogen-bond acceptors (Lipinski definition) is 3. The van der Waals surface area contributed by atoms with Gasteiger partial charge in [-0.15, -0.1) is 0 Å². The van der Waals surface area contributed by atoms with Crippen LogP contribution in [0.4, 0.5) is 0 Å². The van der Waals surface area contributed by atoms with Crippen LogP contribution < -0.4 is 4.74 Å². The number of aromatic nitrogens is 2. The molecule has 0 aliphatic carbocycles. The molecule has 1 aromatic heterocycles. The summed E-state index contributed by atoms with van der Waals surface area (Å²) in [5.41, 5.74) is 0.764. The van der Waals surface area contributed by atoms with Crippen LogP contribution in [0.2, 0.25) is 0 Å². The van der Waals surface area contributed by atoms with E-state index in [0.717, 1.165) is 37.1 Å². The van der Waals surface area contributed by atoms with Crippen LogP contribution >= 0.6 is 0 Å². The van der Waals surface area contributed by atoms with E-state index in [1.165, 1.54) is 0 Å². The van der Waals surface area contributed by atoms with E-state index in [4.69, 9.17) is 4.74 Å². The van der Waals surface area contributed by atoms with E-state index in [-0.39, 0.29) is 5.78 Å². The maximum Gasteiger partial charge on any atom is 0.162 e. The summed E-state index contributed by atoms with van der Waals surface area (Å²) in [5, 5.41) is 0. The van der Waals surface area contributed by atoms with Crippen molar-refractivity contribution in [3.05, 3.63) is 48.5 Å². The van der Waals surface area contributed by atoms with E-state index in [0.29, 0.717) is 6.42 Å². The van der Waals surface area contributed by atoms with Gasteiger partial charge in [0.25, 0.3) is 0 Å². The zero-order chi connectivity index (χ0) is 14.2. The standard InChI is InChI=1S/C16H20N2O2/c1-20-15-8-6-14(7-9-15)16(19)5-3-2-4-11-18-12-10-17-13-18/h6-10,12-13H,2-5,11H2,1H3. The van der Waals surface area contributed by atoms with E-state index >= 15 is 0 Å². The van der Waals surface area contributed by atoms with Crippen molar-refractivity contribution in [1.82, 2.24) is 9.55 Å². The van der Waals surface area contributed by atoms with Crippen molar-refractivity contribution in [2.45, 2.75) is 32.2 Å². The molecule has 4 nitrogen and oxygen atoms in total. The predicted molar refractivity (Wildman–Crippen MR) is 78.0 cm³/mol. The van der Waals surface area contributed by atoms with E-state index < -0.39 is 0 Å². The molecule has 0 atom stereocenters. The average Bonchev–Trinajstić information content (AvgIpc) is 3.00. The van der Waals surface area contributed by atoms with E-state index in [2.05, 4.69) is 9.55 Å². The van der Waals surface area contributed by atoms with E-state index in [1.807, 2.05) is 36.8 Å². The molecule has 0 spiro atoms. The van der Waals surface area contributed by atoms with Crippen molar-refractivity contribution in [2.75, 3.05) is 7.11 Å². The van der Waals surface area contributed by atoms with E-state index in [9.17, 15) is 4.79 Å². The summed E-state index contributed by atoms with van der Waals surface area (Å²) in [6.07, 6.45) is 9.24. The summed E-state index contributed by atoms with van der Waals surface area (Å²) in [6.45, 7) is 0.969. The number of aryl methyl sites for hydroxylation is 1. The largest absolute Gasteiger partial charge is 0.497 e. The summed E-state index contributed by atoms with van der Waals surface area (Å²) in [5.74, 6) is 0.983. The van der Waals surface area contributed by atoms with Crippen LogP contribution in [0.3, 0.4) is 0 Å². The maximum atomic E-state index is 12.0. The molecule has 2 rings (SSSR count). The third kappa shape index (κ3) is 4.23. The first-order valence-electron chi connectivity index (χ1n) is 6.92. The minimum absolute atomic E-state index is 0.204. The summed E-state index contributed by atoms with van der Waals surface area (Å²) in [4.78, 5) is 16.0. The van der Waals surface area contributed by atoms with Crippen LogP contribution in [-0.2, 0) is 6.54 Å². The van der Waals surface area contributed by atoms with Gasteiger partial charge in [0, 0.05) is 30.9 Å². The molecule has 1 heterocycles. The number of carbonyl (C=O) groups is 1. The topological polar surface area (TPSA) is 44.1 Å². The Balaban J connectivity index is 1.66. The first kappa shape index (κ1) is 14.3. The van der Waals surface area contributed by atoms with Gasteiger partial charge in [0.2, 0.25) is 0 Å². The molecule has 0 unspecified atom stereocenters. The number of unbranched alkanes of at least 4 members (excludes halogenated alkanes) is 2. The smallest absolute Gasteiger partial charge is 0.162 e. The van der Waals surface area contributed by atoms with Gasteiger partial charge in [-0.3, -0.25) is 4.79 Å². The van der Waals surface area contributed by atoms with Gasteiger partial charge in [-0.05, 0) is 37.1 Å². The highest BCUT2D eigenvalue weighted by Gasteiger charge is 2.05. The number of hydrogen-bond donors (Lipinski definition) is 0. The number of benzene rings is 1. The molecule has 1 aromatic carbocycles. The number of rotatable bonds is 8. The lowest BCUT2D eigenvalue weighted by Crippen LogP contribution is -2.00. The van der Waals surface area contributed by atoms with Crippen LogP contribution in [0.1, 0.15) is 36.0 Å². The Morgan fingerprint density at radius 2 is 2.00 bits per heavy atom. The molecule has 0 saturated carbocycles. The highest BCUT2D eigenvalue weighted by Crippen LogP contribution is 2.14. The Kier molecular flexibility index (Phi) is 5.35. The molecule has 2 aromatic rings. The average molecular weight is 272 g/mol. The van der Waals surface area contributed by atoms with Gasteiger partial charge in [-0.1, -0.05) is 6.42 Å². The SMILES string of the molecule is COc1ccc(C(=O)CCCCCn2ccnc2)cc1. The number of ether oxygens (including phenoxy) is 1. The van der Waals surface area contributed by atoms with Crippen LogP contribution in [0, 0.1) is 0 Å². The summed E-state index contributed by atoms with van der Waals surface area (Å²) >= 11 is 0. The predicted octanol–water partition coefficient (Wildman–Crippen LogP) is 3.34. The lowest BCUT2D eigenvalue weighted by Gasteiger charge is -2.04. The molecule has 0 radical (unpaired) electrons. The van der Waals surface area contributed by atoms with Crippen molar-refractivity contribution in [3.8, 4) is 5.75 Å². The van der Waals surface area contributed by atoms with Gasteiger partial charge in [-0.25, -0.2) is 4.98 Å². The molecular weight excluding hydrogens is 252 g/mol. The fourth-order valence-electron chi connectivity index (χ4n) is 2.10. The van der Waals surface area contributed by atoms with Gasteiger partial charge in [0.1, 0.15) is 5.75 Å². The number of methoxy groups -OCH3 is 1. The van der Waals surface area contributed by atoms with Gasteiger partial charge >= 0.3 is 0 Å². The van der Waals surface area contributed by atoms with Crippen molar-refractivity contribution < 1.29 is 9.53 Å². The molecule has 0 N–H and O–H groups in total. The number of imidazole rings is 1. The summed E-state index contributed by atoms with van der Waals surface area (Å²) in [7, 11) is 1.62. The molecule has 4 heteroatoms. The normalized spacial score (nSPS) is 10.4. The molecule has 0 saturated heterocycles. The Morgan fingerprint density at radius 1 is 1.20 bits per heavy atom. The Morgan fingerprint density at radius 3 is 2.65 bits per heavy atom.